The number of urea groups is 1. The van der Waals surface area contributed by atoms with Gasteiger partial charge in [-0.25, -0.2) is 9.59 Å². The van der Waals surface area contributed by atoms with E-state index >= 15 is 0 Å². The molecule has 0 unspecified atom stereocenters. The first-order valence-electron chi connectivity index (χ1n) is 27.9. The first-order valence-corrected chi connectivity index (χ1v) is 31.6. The summed E-state index contributed by atoms with van der Waals surface area (Å²) in [6.07, 6.45) is 3.67. The lowest BCUT2D eigenvalue weighted by atomic mass is 9.86. The first-order chi connectivity index (χ1) is 37.8. The second-order valence-electron chi connectivity index (χ2n) is 22.4. The fourth-order valence-corrected chi connectivity index (χ4v) is 9.98. The normalized spacial score (nSPS) is 39.2. The number of methoxy groups -OCH3 is 1. The van der Waals surface area contributed by atoms with Crippen LogP contribution in [0.4, 0.5) is 14.0 Å². The highest BCUT2D eigenvalue weighted by Gasteiger charge is 2.51. The predicted molar refractivity (Wildman–Crippen MR) is 300 cm³/mol. The Morgan fingerprint density at radius 3 is 1.91 bits per heavy atom. The molecule has 19 atom stereocenters. The zero-order valence-electron chi connectivity index (χ0n) is 47.7. The Morgan fingerprint density at radius 2 is 1.31 bits per heavy atom. The highest BCUT2D eigenvalue weighted by molar-refractivity contribution is 6.76. The molecule has 12 N–H and O–H groups in total. The molecule has 2 saturated heterocycles. The standard InChI is InChI=1S/C57H94FN3O18Si/c1-36-22-19-17-15-13-11-9-10-12-14-16-18-20-23-43(78-54-53(71)50(52(70)39(4)77-54)61-56(73)75-28-29-80(6,7)8)33-47-49(60-55(72)59-27-21-26-58)46(67)35-57(74-5,79-47)34-42(64)31-45(66)44(65)25-24-40(62)30-41(63)32-48(68)76-38(3)37(2)51(36)69/h9-20,22-23,36-47,49-54,62-67,69-71H,21,24-35H2,1-8H3,(H,61,73)(H2,59,60,72)/b10-9+,13-11+,14-12+,17-15+,18-16+,22-19+,23-20+/t36-,37-,38-,39+,40+,41+,42-,43-,44+,45+,46-,47-,49+,50-,51+,52+,53-,54-,57+/m0/s1. The van der Waals surface area contributed by atoms with Gasteiger partial charge in [0.15, 0.2) is 12.1 Å². The Bertz CT molecular complexity index is 2060. The molecular weight excluding hydrogens is 1060 g/mol. The van der Waals surface area contributed by atoms with E-state index in [1.807, 2.05) is 37.3 Å². The number of hydrogen-bond acceptors (Lipinski definition) is 18. The van der Waals surface area contributed by atoms with E-state index in [1.54, 1.807) is 68.5 Å². The minimum Gasteiger partial charge on any atom is -0.462 e. The number of allylic oxidation sites excluding steroid dienone is 12. The maximum Gasteiger partial charge on any atom is 0.407 e. The van der Waals surface area contributed by atoms with Crippen molar-refractivity contribution in [1.82, 2.24) is 16.0 Å². The molecule has 3 amide bonds. The first kappa shape index (κ1) is 70.1. The maximum atomic E-state index is 13.2. The summed E-state index contributed by atoms with van der Waals surface area (Å²) in [4.78, 5) is 38.9. The Morgan fingerprint density at radius 1 is 0.700 bits per heavy atom. The van der Waals surface area contributed by atoms with Crippen LogP contribution in [0.2, 0.25) is 25.7 Å². The number of hydrogen-bond donors (Lipinski definition) is 12. The second-order valence-corrected chi connectivity index (χ2v) is 28.0. The number of carbonyl (C=O) groups is 3. The van der Waals surface area contributed by atoms with Gasteiger partial charge in [0, 0.05) is 59.2 Å². The molecule has 0 aromatic heterocycles. The zero-order chi connectivity index (χ0) is 59.6. The van der Waals surface area contributed by atoms with Crippen LogP contribution in [-0.2, 0) is 33.2 Å². The summed E-state index contributed by atoms with van der Waals surface area (Å²) >= 11 is 0. The van der Waals surface area contributed by atoms with Crippen LogP contribution in [0, 0.1) is 11.8 Å². The molecule has 0 radical (unpaired) electrons. The number of alkyl halides is 1. The number of alkyl carbamates (subject to hydrolysis) is 1. The van der Waals surface area contributed by atoms with Crippen molar-refractivity contribution in [3.8, 4) is 0 Å². The lowest BCUT2D eigenvalue weighted by molar-refractivity contribution is -0.311. The number of rotatable bonds is 11. The number of esters is 1. The van der Waals surface area contributed by atoms with Crippen molar-refractivity contribution in [2.75, 3.05) is 26.9 Å². The van der Waals surface area contributed by atoms with E-state index in [-0.39, 0.29) is 64.0 Å². The highest BCUT2D eigenvalue weighted by Crippen LogP contribution is 2.38. The van der Waals surface area contributed by atoms with Crippen molar-refractivity contribution in [3.63, 3.8) is 0 Å². The lowest BCUT2D eigenvalue weighted by Gasteiger charge is -2.48. The minimum atomic E-state index is -1.80. The van der Waals surface area contributed by atoms with Crippen molar-refractivity contribution >= 4 is 26.2 Å². The summed E-state index contributed by atoms with van der Waals surface area (Å²) in [5.74, 6) is -3.29. The lowest BCUT2D eigenvalue weighted by Crippen LogP contribution is -2.65. The summed E-state index contributed by atoms with van der Waals surface area (Å²) in [6.45, 7) is 12.5. The zero-order valence-corrected chi connectivity index (χ0v) is 48.7. The molecule has 456 valence electrons. The van der Waals surface area contributed by atoms with Crippen molar-refractivity contribution in [1.29, 1.82) is 0 Å². The summed E-state index contributed by atoms with van der Waals surface area (Å²) in [5.41, 5.74) is 0. The molecule has 80 heavy (non-hydrogen) atoms. The van der Waals surface area contributed by atoms with Crippen LogP contribution in [0.1, 0.15) is 85.5 Å². The molecule has 23 heteroatoms. The van der Waals surface area contributed by atoms with Crippen LogP contribution in [0.15, 0.2) is 85.1 Å². The Kier molecular flexibility index (Phi) is 31.3. The van der Waals surface area contributed by atoms with Crippen LogP contribution < -0.4 is 16.0 Å². The summed E-state index contributed by atoms with van der Waals surface area (Å²) in [7, 11) is -0.300. The third-order valence-corrected chi connectivity index (χ3v) is 16.0. The molecule has 3 rings (SSSR count). The number of halogens is 1. The summed E-state index contributed by atoms with van der Waals surface area (Å²) < 4.78 is 48.8. The molecule has 0 aliphatic carbocycles. The number of carbonyl (C=O) groups excluding carboxylic acids is 3. The largest absolute Gasteiger partial charge is 0.462 e. The van der Waals surface area contributed by atoms with E-state index in [4.69, 9.17) is 28.4 Å². The minimum absolute atomic E-state index is 0.0225. The van der Waals surface area contributed by atoms with Crippen LogP contribution in [0.3, 0.4) is 0 Å². The molecule has 2 bridgehead atoms. The summed E-state index contributed by atoms with van der Waals surface area (Å²) in [6, 6.07) is -2.59. The van der Waals surface area contributed by atoms with E-state index in [2.05, 4.69) is 35.6 Å². The van der Waals surface area contributed by atoms with Gasteiger partial charge in [-0.15, -0.1) is 0 Å². The molecule has 2 fully saturated rings. The van der Waals surface area contributed by atoms with Crippen molar-refractivity contribution in [2.45, 2.75) is 215 Å². The van der Waals surface area contributed by atoms with E-state index in [1.165, 1.54) is 14.0 Å². The molecule has 0 aromatic carbocycles. The number of aliphatic hydroxyl groups is 9. The van der Waals surface area contributed by atoms with Crippen molar-refractivity contribution in [2.24, 2.45) is 11.8 Å². The number of fused-ring (bicyclic) bond motifs is 2. The Balaban J connectivity index is 2.01. The van der Waals surface area contributed by atoms with Gasteiger partial charge in [-0.1, -0.05) is 119 Å². The van der Waals surface area contributed by atoms with Gasteiger partial charge < -0.3 is 90.3 Å². The molecule has 3 heterocycles. The van der Waals surface area contributed by atoms with Gasteiger partial charge in [-0.05, 0) is 45.6 Å². The van der Waals surface area contributed by atoms with E-state index < -0.39 is 155 Å². The van der Waals surface area contributed by atoms with Gasteiger partial charge in [0.1, 0.15) is 18.3 Å². The fraction of sp³-hybridized carbons (Fsp3) is 0.702. The number of aliphatic hydroxyl groups excluding tert-OH is 9. The summed E-state index contributed by atoms with van der Waals surface area (Å²) in [5, 5.41) is 108. The second kappa shape index (κ2) is 35.7. The monoisotopic (exact) mass is 1160 g/mol. The van der Waals surface area contributed by atoms with Gasteiger partial charge in [0.05, 0.1) is 92.8 Å². The van der Waals surface area contributed by atoms with Gasteiger partial charge in [-0.2, -0.15) is 0 Å². The number of cyclic esters (lactones) is 1. The van der Waals surface area contributed by atoms with Crippen molar-refractivity contribution < 1.29 is 93.2 Å². The van der Waals surface area contributed by atoms with E-state index in [0.29, 0.717) is 6.04 Å². The van der Waals surface area contributed by atoms with Gasteiger partial charge in [0.2, 0.25) is 0 Å². The smallest absolute Gasteiger partial charge is 0.407 e. The maximum absolute atomic E-state index is 13.2. The fourth-order valence-electron chi connectivity index (χ4n) is 9.26. The molecule has 0 aromatic rings. The van der Waals surface area contributed by atoms with Crippen LogP contribution >= 0.6 is 0 Å². The molecule has 3 aliphatic heterocycles. The number of ether oxygens (including phenoxy) is 6. The van der Waals surface area contributed by atoms with Crippen LogP contribution in [0.25, 0.3) is 0 Å². The van der Waals surface area contributed by atoms with Gasteiger partial charge in [0.25, 0.3) is 0 Å². The van der Waals surface area contributed by atoms with Gasteiger partial charge in [-0.3, -0.25) is 9.18 Å². The molecule has 21 nitrogen and oxygen atoms in total. The van der Waals surface area contributed by atoms with Crippen LogP contribution in [-0.4, -0.2) is 203 Å². The average Bonchev–Trinajstić information content (AvgIpc) is 3.38. The Labute approximate surface area is 472 Å². The molecule has 0 saturated carbocycles. The highest BCUT2D eigenvalue weighted by atomic mass is 28.3. The topological polar surface area (TPSA) is 325 Å². The van der Waals surface area contributed by atoms with E-state index in [0.717, 1.165) is 0 Å². The predicted octanol–water partition coefficient (Wildman–Crippen LogP) is 3.80. The SMILES string of the molecule is CO[C@]12C[C@@H](O)C[C@@H](O)[C@H](O)CC[C@@H](O)C[C@@H](O)CC(=O)O[C@@H](C)[C@H](C)[C@H](O)[C@@H](C)/C=C/C=C/C=C/C=C/C=C/C=C/C=C/[C@H](O[C@@H]3O[C@H](C)[C@@H](O)[C@H](NC(=O)OCC[Si](C)(C)C)[C@@H]3O)C[C@H](O1)[C@H](NC(=O)NCCCF)[C@@H](O)C2. The molecule has 3 aliphatic rings. The van der Waals surface area contributed by atoms with Crippen LogP contribution in [0.5, 0.6) is 0 Å². The van der Waals surface area contributed by atoms with E-state index in [9.17, 15) is 64.7 Å². The third-order valence-electron chi connectivity index (χ3n) is 14.3. The van der Waals surface area contributed by atoms with Gasteiger partial charge >= 0.3 is 18.1 Å². The molecule has 0 spiro atoms. The number of amides is 3. The Hall–Kier alpha value is -4.18. The quantitative estimate of drug-likeness (QED) is 0.0795. The molecular formula is C57H94FN3O18Si. The average molecular weight is 1160 g/mol. The number of nitrogens with one attached hydrogen (secondary N) is 3. The third kappa shape index (κ3) is 25.5. The van der Waals surface area contributed by atoms with Crippen molar-refractivity contribution in [3.05, 3.63) is 85.1 Å².